The lowest BCUT2D eigenvalue weighted by molar-refractivity contribution is 0.283. The number of rotatable bonds is 7. The van der Waals surface area contributed by atoms with Gasteiger partial charge in [-0.05, 0) is 18.2 Å². The number of hydrogen-bond donors (Lipinski definition) is 2. The van der Waals surface area contributed by atoms with Crippen molar-refractivity contribution in [1.82, 2.24) is 14.9 Å². The summed E-state index contributed by atoms with van der Waals surface area (Å²) in [5.74, 6) is 2.56. The van der Waals surface area contributed by atoms with Crippen LogP contribution in [0, 0.1) is 0 Å². The van der Waals surface area contributed by atoms with Crippen molar-refractivity contribution in [1.29, 1.82) is 0 Å². The number of hydrogen-bond acceptors (Lipinski definition) is 7. The van der Waals surface area contributed by atoms with Crippen LogP contribution in [-0.4, -0.2) is 65.8 Å². The molecule has 0 bridgehead atoms. The highest BCUT2D eigenvalue weighted by Gasteiger charge is 2.17. The first-order valence-corrected chi connectivity index (χ1v) is 8.19. The number of nitrogens with zero attached hydrogens (tertiary/aromatic N) is 4. The molecule has 2 aromatic rings. The first-order valence-electron chi connectivity index (χ1n) is 8.19. The second kappa shape index (κ2) is 8.47. The Bertz CT molecular complexity index is 636. The van der Waals surface area contributed by atoms with Crippen LogP contribution in [0.5, 0.6) is 0 Å². The molecule has 0 atom stereocenters. The lowest BCUT2D eigenvalue weighted by atomic mass is 10.3. The molecule has 128 valence electrons. The fraction of sp³-hybridized carbons (Fsp3) is 0.412. The van der Waals surface area contributed by atoms with E-state index in [-0.39, 0.29) is 6.61 Å². The van der Waals surface area contributed by atoms with E-state index in [1.807, 2.05) is 24.3 Å². The Morgan fingerprint density at radius 2 is 2.12 bits per heavy atom. The van der Waals surface area contributed by atoms with Crippen LogP contribution in [0.4, 0.5) is 11.6 Å². The second-order valence-electron chi connectivity index (χ2n) is 5.62. The Morgan fingerprint density at radius 1 is 1.25 bits per heavy atom. The molecular formula is C17H23N5O2. The average Bonchev–Trinajstić information content (AvgIpc) is 3.14. The van der Waals surface area contributed by atoms with Gasteiger partial charge in [0.05, 0.1) is 12.9 Å². The fourth-order valence-electron chi connectivity index (χ4n) is 2.66. The largest absolute Gasteiger partial charge is 0.465 e. The smallest absolute Gasteiger partial charge is 0.134 e. The molecule has 7 nitrogen and oxygen atoms in total. The zero-order valence-corrected chi connectivity index (χ0v) is 13.6. The Hall–Kier alpha value is -2.38. The summed E-state index contributed by atoms with van der Waals surface area (Å²) in [5, 5.41) is 11.9. The maximum Gasteiger partial charge on any atom is 0.134 e. The summed E-state index contributed by atoms with van der Waals surface area (Å²) in [6, 6.07) is 5.78. The lowest BCUT2D eigenvalue weighted by Crippen LogP contribution is -2.46. The predicted molar refractivity (Wildman–Crippen MR) is 94.0 cm³/mol. The summed E-state index contributed by atoms with van der Waals surface area (Å²) in [4.78, 5) is 13.2. The van der Waals surface area contributed by atoms with Gasteiger partial charge in [0, 0.05) is 45.3 Å². The quantitative estimate of drug-likeness (QED) is 0.793. The van der Waals surface area contributed by atoms with Crippen molar-refractivity contribution < 1.29 is 9.52 Å². The van der Waals surface area contributed by atoms with Crippen LogP contribution in [0.15, 0.2) is 41.3 Å². The van der Waals surface area contributed by atoms with Gasteiger partial charge in [0.1, 0.15) is 23.7 Å². The third-order valence-electron chi connectivity index (χ3n) is 3.96. The lowest BCUT2D eigenvalue weighted by Gasteiger charge is -2.34. The van der Waals surface area contributed by atoms with E-state index in [1.54, 1.807) is 12.6 Å². The molecule has 24 heavy (non-hydrogen) atoms. The summed E-state index contributed by atoms with van der Waals surface area (Å²) < 4.78 is 5.29. The van der Waals surface area contributed by atoms with E-state index < -0.39 is 0 Å². The number of aliphatic hydroxyl groups excluding tert-OH is 1. The van der Waals surface area contributed by atoms with Crippen molar-refractivity contribution in [2.45, 2.75) is 0 Å². The van der Waals surface area contributed by atoms with Gasteiger partial charge in [-0.15, -0.1) is 0 Å². The summed E-state index contributed by atoms with van der Waals surface area (Å²) in [6.07, 6.45) is 7.39. The number of anilines is 2. The van der Waals surface area contributed by atoms with Crippen LogP contribution in [0.1, 0.15) is 5.76 Å². The molecule has 1 aliphatic heterocycles. The second-order valence-corrected chi connectivity index (χ2v) is 5.62. The van der Waals surface area contributed by atoms with E-state index in [1.165, 1.54) is 0 Å². The van der Waals surface area contributed by atoms with Gasteiger partial charge in [0.25, 0.3) is 0 Å². The molecule has 0 aromatic carbocycles. The van der Waals surface area contributed by atoms with Crippen molar-refractivity contribution in [2.24, 2.45) is 0 Å². The summed E-state index contributed by atoms with van der Waals surface area (Å²) in [7, 11) is 0. The topological polar surface area (TPSA) is 77.7 Å². The standard InChI is InChI=1S/C17H23N5O2/c23-11-5-18-16-13-17(20-14-19-16)22-9-7-21(8-10-22)6-1-3-15-4-2-12-24-15/h1-4,12-14,23H,5-11H2,(H,18,19,20). The third-order valence-corrected chi connectivity index (χ3v) is 3.96. The van der Waals surface area contributed by atoms with Gasteiger partial charge < -0.3 is 19.7 Å². The Morgan fingerprint density at radius 3 is 2.88 bits per heavy atom. The van der Waals surface area contributed by atoms with Crippen molar-refractivity contribution in [2.75, 3.05) is 56.1 Å². The normalized spacial score (nSPS) is 16.0. The average molecular weight is 329 g/mol. The van der Waals surface area contributed by atoms with E-state index in [4.69, 9.17) is 9.52 Å². The van der Waals surface area contributed by atoms with Crippen molar-refractivity contribution in [3.8, 4) is 0 Å². The molecule has 0 amide bonds. The summed E-state index contributed by atoms with van der Waals surface area (Å²) in [5.41, 5.74) is 0. The van der Waals surface area contributed by atoms with Crippen LogP contribution in [0.2, 0.25) is 0 Å². The molecule has 1 aliphatic rings. The zero-order chi connectivity index (χ0) is 16.6. The highest BCUT2D eigenvalue weighted by molar-refractivity contribution is 5.48. The van der Waals surface area contributed by atoms with E-state index in [2.05, 4.69) is 31.2 Å². The van der Waals surface area contributed by atoms with Gasteiger partial charge in [0.15, 0.2) is 0 Å². The molecule has 2 N–H and O–H groups in total. The van der Waals surface area contributed by atoms with Crippen molar-refractivity contribution in [3.63, 3.8) is 0 Å². The van der Waals surface area contributed by atoms with Gasteiger partial charge >= 0.3 is 0 Å². The molecule has 0 saturated carbocycles. The monoisotopic (exact) mass is 329 g/mol. The molecule has 3 rings (SSSR count). The third kappa shape index (κ3) is 4.56. The van der Waals surface area contributed by atoms with Crippen LogP contribution < -0.4 is 10.2 Å². The Labute approximate surface area is 141 Å². The van der Waals surface area contributed by atoms with E-state index in [9.17, 15) is 0 Å². The van der Waals surface area contributed by atoms with Gasteiger partial charge in [-0.1, -0.05) is 6.08 Å². The molecule has 1 fully saturated rings. The van der Waals surface area contributed by atoms with Crippen molar-refractivity contribution in [3.05, 3.63) is 42.6 Å². The van der Waals surface area contributed by atoms with Crippen LogP contribution >= 0.6 is 0 Å². The number of furan rings is 1. The van der Waals surface area contributed by atoms with Gasteiger partial charge in [-0.2, -0.15) is 0 Å². The Balaban J connectivity index is 1.48. The van der Waals surface area contributed by atoms with Gasteiger partial charge in [-0.25, -0.2) is 9.97 Å². The maximum atomic E-state index is 8.87. The molecular weight excluding hydrogens is 306 g/mol. The minimum Gasteiger partial charge on any atom is -0.465 e. The van der Waals surface area contributed by atoms with Crippen LogP contribution in [0.3, 0.4) is 0 Å². The number of aliphatic hydroxyl groups is 1. The number of nitrogens with one attached hydrogen (secondary N) is 1. The molecule has 2 aromatic heterocycles. The first-order chi connectivity index (χ1) is 11.8. The maximum absolute atomic E-state index is 8.87. The van der Waals surface area contributed by atoms with E-state index in [0.29, 0.717) is 6.54 Å². The van der Waals surface area contributed by atoms with Crippen molar-refractivity contribution >= 4 is 17.7 Å². The molecule has 0 radical (unpaired) electrons. The molecule has 3 heterocycles. The highest BCUT2D eigenvalue weighted by atomic mass is 16.3. The molecule has 0 unspecified atom stereocenters. The van der Waals surface area contributed by atoms with Gasteiger partial charge in [0.2, 0.25) is 0 Å². The number of aromatic nitrogens is 2. The molecule has 0 aliphatic carbocycles. The molecule has 1 saturated heterocycles. The molecule has 7 heteroatoms. The minimum absolute atomic E-state index is 0.0868. The highest BCUT2D eigenvalue weighted by Crippen LogP contribution is 2.16. The first kappa shape index (κ1) is 16.5. The zero-order valence-electron chi connectivity index (χ0n) is 13.6. The summed E-state index contributed by atoms with van der Waals surface area (Å²) >= 11 is 0. The predicted octanol–water partition coefficient (Wildman–Crippen LogP) is 1.31. The van der Waals surface area contributed by atoms with E-state index in [0.717, 1.165) is 50.1 Å². The number of piperazine rings is 1. The minimum atomic E-state index is 0.0868. The van der Waals surface area contributed by atoms with Crippen LogP contribution in [0.25, 0.3) is 6.08 Å². The van der Waals surface area contributed by atoms with E-state index >= 15 is 0 Å². The summed E-state index contributed by atoms with van der Waals surface area (Å²) in [6.45, 7) is 5.35. The van der Waals surface area contributed by atoms with Gasteiger partial charge in [-0.3, -0.25) is 4.90 Å². The Kier molecular flexibility index (Phi) is 5.81. The molecule has 0 spiro atoms. The SMILES string of the molecule is OCCNc1cc(N2CCN(CC=Cc3ccco3)CC2)ncn1. The fourth-order valence-corrected chi connectivity index (χ4v) is 2.66. The van der Waals surface area contributed by atoms with Crippen LogP contribution in [-0.2, 0) is 0 Å².